The number of aromatic nitrogens is 3. The van der Waals surface area contributed by atoms with Gasteiger partial charge in [0.05, 0.1) is 5.69 Å². The highest BCUT2D eigenvalue weighted by Gasteiger charge is 2.19. The van der Waals surface area contributed by atoms with Gasteiger partial charge in [0.2, 0.25) is 0 Å². The first-order valence-electron chi connectivity index (χ1n) is 8.89. The summed E-state index contributed by atoms with van der Waals surface area (Å²) < 4.78 is 7.31. The Morgan fingerprint density at radius 1 is 1.28 bits per heavy atom. The molecule has 1 aliphatic heterocycles. The molecule has 0 fully saturated rings. The van der Waals surface area contributed by atoms with E-state index in [4.69, 9.17) is 4.42 Å². The highest BCUT2D eigenvalue weighted by molar-refractivity contribution is 5.72. The molecule has 0 N–H and O–H groups in total. The molecule has 0 spiro atoms. The molecule has 25 heavy (non-hydrogen) atoms. The molecule has 0 aliphatic carbocycles. The second-order valence-electron chi connectivity index (χ2n) is 6.48. The van der Waals surface area contributed by atoms with Crippen molar-refractivity contribution in [3.8, 4) is 0 Å². The fraction of sp³-hybridized carbons (Fsp3) is 0.421. The third-order valence-corrected chi connectivity index (χ3v) is 4.73. The Hall–Kier alpha value is -2.47. The van der Waals surface area contributed by atoms with E-state index in [2.05, 4.69) is 15.0 Å². The van der Waals surface area contributed by atoms with Crippen molar-refractivity contribution in [3.05, 3.63) is 57.8 Å². The van der Waals surface area contributed by atoms with Crippen molar-refractivity contribution < 1.29 is 4.42 Å². The van der Waals surface area contributed by atoms with Crippen LogP contribution in [0.5, 0.6) is 0 Å². The molecule has 6 heteroatoms. The van der Waals surface area contributed by atoms with Gasteiger partial charge in [-0.15, -0.1) is 0 Å². The number of fused-ring (bicyclic) bond motifs is 2. The van der Waals surface area contributed by atoms with Gasteiger partial charge in [0.1, 0.15) is 5.52 Å². The Balaban J connectivity index is 1.36. The Bertz CT molecular complexity index is 911. The predicted molar refractivity (Wildman–Crippen MR) is 95.5 cm³/mol. The lowest BCUT2D eigenvalue weighted by atomic mass is 10.1. The summed E-state index contributed by atoms with van der Waals surface area (Å²) in [4.78, 5) is 18.9. The van der Waals surface area contributed by atoms with Crippen LogP contribution in [0.3, 0.4) is 0 Å². The minimum atomic E-state index is -0.00502. The van der Waals surface area contributed by atoms with Gasteiger partial charge in [-0.1, -0.05) is 12.1 Å². The summed E-state index contributed by atoms with van der Waals surface area (Å²) in [7, 11) is 0. The summed E-state index contributed by atoms with van der Waals surface area (Å²) in [6.07, 6.45) is 2.72. The SMILES string of the molecule is CCn1nc2c(cc1=O)CN(CCCc1nc3ccccc3o1)CC2. The lowest BCUT2D eigenvalue weighted by molar-refractivity contribution is 0.244. The van der Waals surface area contributed by atoms with Crippen LogP contribution in [0.25, 0.3) is 11.1 Å². The number of hydrogen-bond donors (Lipinski definition) is 0. The van der Waals surface area contributed by atoms with E-state index in [0.29, 0.717) is 6.54 Å². The Morgan fingerprint density at radius 2 is 2.16 bits per heavy atom. The van der Waals surface area contributed by atoms with Crippen molar-refractivity contribution in [2.24, 2.45) is 0 Å². The molecule has 0 bridgehead atoms. The topological polar surface area (TPSA) is 64.2 Å². The third-order valence-electron chi connectivity index (χ3n) is 4.73. The van der Waals surface area contributed by atoms with E-state index in [1.807, 2.05) is 31.2 Å². The molecule has 0 atom stereocenters. The fourth-order valence-corrected chi connectivity index (χ4v) is 3.40. The van der Waals surface area contributed by atoms with Gasteiger partial charge >= 0.3 is 0 Å². The van der Waals surface area contributed by atoms with Crippen LogP contribution in [0.4, 0.5) is 0 Å². The van der Waals surface area contributed by atoms with Crippen LogP contribution >= 0.6 is 0 Å². The number of nitrogens with zero attached hydrogens (tertiary/aromatic N) is 4. The average Bonchev–Trinajstić information content (AvgIpc) is 3.03. The van der Waals surface area contributed by atoms with Gasteiger partial charge in [0.15, 0.2) is 11.5 Å². The first-order chi connectivity index (χ1) is 12.2. The number of benzene rings is 1. The molecule has 3 heterocycles. The molecule has 4 rings (SSSR count). The van der Waals surface area contributed by atoms with Gasteiger partial charge in [-0.3, -0.25) is 9.69 Å². The third kappa shape index (κ3) is 3.35. The van der Waals surface area contributed by atoms with E-state index in [1.54, 1.807) is 10.7 Å². The first-order valence-corrected chi connectivity index (χ1v) is 8.89. The van der Waals surface area contributed by atoms with Crippen LogP contribution < -0.4 is 5.56 Å². The van der Waals surface area contributed by atoms with Crippen LogP contribution in [0.2, 0.25) is 0 Å². The van der Waals surface area contributed by atoms with Crippen LogP contribution in [-0.4, -0.2) is 32.8 Å². The molecule has 0 amide bonds. The molecule has 0 saturated heterocycles. The Labute approximate surface area is 146 Å². The summed E-state index contributed by atoms with van der Waals surface area (Å²) in [5.41, 5.74) is 3.90. The predicted octanol–water partition coefficient (Wildman–Crippen LogP) is 2.40. The van der Waals surface area contributed by atoms with E-state index in [0.717, 1.165) is 67.1 Å². The molecular formula is C19H22N4O2. The summed E-state index contributed by atoms with van der Waals surface area (Å²) in [6, 6.07) is 9.60. The molecule has 2 aromatic heterocycles. The second-order valence-corrected chi connectivity index (χ2v) is 6.48. The van der Waals surface area contributed by atoms with Gasteiger partial charge in [0, 0.05) is 38.5 Å². The lowest BCUT2D eigenvalue weighted by Gasteiger charge is -2.28. The maximum absolute atomic E-state index is 12.0. The number of oxazole rings is 1. The van der Waals surface area contributed by atoms with Gasteiger partial charge in [-0.2, -0.15) is 5.10 Å². The maximum atomic E-state index is 12.0. The molecule has 6 nitrogen and oxygen atoms in total. The molecule has 3 aromatic rings. The minimum Gasteiger partial charge on any atom is -0.441 e. The summed E-state index contributed by atoms with van der Waals surface area (Å²) in [5.74, 6) is 0.797. The summed E-state index contributed by atoms with van der Waals surface area (Å²) in [6.45, 7) is 5.32. The summed E-state index contributed by atoms with van der Waals surface area (Å²) in [5, 5.41) is 4.47. The van der Waals surface area contributed by atoms with Gasteiger partial charge < -0.3 is 4.42 Å². The highest BCUT2D eigenvalue weighted by Crippen LogP contribution is 2.18. The van der Waals surface area contributed by atoms with Crippen molar-refractivity contribution in [3.63, 3.8) is 0 Å². The van der Waals surface area contributed by atoms with Crippen LogP contribution in [0.15, 0.2) is 39.5 Å². The molecule has 130 valence electrons. The van der Waals surface area contributed by atoms with Crippen LogP contribution in [-0.2, 0) is 25.9 Å². The van der Waals surface area contributed by atoms with Crippen molar-refractivity contribution in [2.75, 3.05) is 13.1 Å². The van der Waals surface area contributed by atoms with Crippen LogP contribution in [0.1, 0.15) is 30.5 Å². The zero-order chi connectivity index (χ0) is 17.2. The average molecular weight is 338 g/mol. The van der Waals surface area contributed by atoms with E-state index < -0.39 is 0 Å². The number of aryl methyl sites for hydroxylation is 2. The van der Waals surface area contributed by atoms with Crippen molar-refractivity contribution in [1.82, 2.24) is 19.7 Å². The first kappa shape index (κ1) is 16.0. The molecular weight excluding hydrogens is 316 g/mol. The van der Waals surface area contributed by atoms with E-state index >= 15 is 0 Å². The number of hydrogen-bond acceptors (Lipinski definition) is 5. The van der Waals surface area contributed by atoms with Crippen molar-refractivity contribution >= 4 is 11.1 Å². The fourth-order valence-electron chi connectivity index (χ4n) is 3.40. The Kier molecular flexibility index (Phi) is 4.36. The molecule has 0 saturated carbocycles. The van der Waals surface area contributed by atoms with Crippen LogP contribution in [0, 0.1) is 0 Å². The smallest absolute Gasteiger partial charge is 0.267 e. The van der Waals surface area contributed by atoms with Crippen molar-refractivity contribution in [2.45, 2.75) is 39.3 Å². The highest BCUT2D eigenvalue weighted by atomic mass is 16.3. The van der Waals surface area contributed by atoms with E-state index in [1.165, 1.54) is 0 Å². The monoisotopic (exact) mass is 338 g/mol. The largest absolute Gasteiger partial charge is 0.441 e. The van der Waals surface area contributed by atoms with E-state index in [-0.39, 0.29) is 5.56 Å². The maximum Gasteiger partial charge on any atom is 0.267 e. The van der Waals surface area contributed by atoms with Gasteiger partial charge in [-0.05, 0) is 37.6 Å². The van der Waals surface area contributed by atoms with Gasteiger partial charge in [-0.25, -0.2) is 9.67 Å². The number of rotatable bonds is 5. The molecule has 1 aromatic carbocycles. The zero-order valence-electron chi connectivity index (χ0n) is 14.4. The number of para-hydroxylation sites is 2. The standard InChI is InChI=1S/C19H22N4O2/c1-2-23-19(24)12-14-13-22(11-9-15(14)21-23)10-5-8-18-20-16-6-3-4-7-17(16)25-18/h3-4,6-7,12H,2,5,8-11,13H2,1H3. The quantitative estimate of drug-likeness (QED) is 0.715. The second kappa shape index (κ2) is 6.80. The molecule has 0 unspecified atom stereocenters. The summed E-state index contributed by atoms with van der Waals surface area (Å²) >= 11 is 0. The molecule has 0 radical (unpaired) electrons. The van der Waals surface area contributed by atoms with E-state index in [9.17, 15) is 4.79 Å². The zero-order valence-corrected chi connectivity index (χ0v) is 14.4. The minimum absolute atomic E-state index is 0.00502. The van der Waals surface area contributed by atoms with Crippen molar-refractivity contribution in [1.29, 1.82) is 0 Å². The normalized spacial score (nSPS) is 14.8. The van der Waals surface area contributed by atoms with Gasteiger partial charge in [0.25, 0.3) is 5.56 Å². The lowest BCUT2D eigenvalue weighted by Crippen LogP contribution is -2.35. The molecule has 1 aliphatic rings. The Morgan fingerprint density at radius 3 is 3.00 bits per heavy atom.